The zero-order chi connectivity index (χ0) is 23.9. The molecule has 1 N–H and O–H groups in total. The molecular weight excluding hydrogens is 450 g/mol. The topological polar surface area (TPSA) is 86.8 Å². The first-order valence-corrected chi connectivity index (χ1v) is 12.6. The standard InChI is InChI=1S/C23H30ClN3O4S/c1-5-25-23(29)18(3)26(14-13-19-9-7-6-8-10-19)22(28)16-27(32(4,30)31)20-12-11-17(2)21(24)15-20/h6-12,15,18H,5,13-14,16H2,1-4H3,(H,25,29)/t18-/m1/s1. The molecule has 0 heterocycles. The molecule has 0 fully saturated rings. The summed E-state index contributed by atoms with van der Waals surface area (Å²) >= 11 is 6.18. The number of anilines is 1. The van der Waals surface area contributed by atoms with E-state index in [1.807, 2.05) is 30.3 Å². The van der Waals surface area contributed by atoms with Crippen molar-refractivity contribution in [3.63, 3.8) is 0 Å². The molecule has 0 unspecified atom stereocenters. The summed E-state index contributed by atoms with van der Waals surface area (Å²) in [6, 6.07) is 13.7. The van der Waals surface area contributed by atoms with Gasteiger partial charge in [0.25, 0.3) is 0 Å². The third kappa shape index (κ3) is 6.97. The molecule has 0 bridgehead atoms. The van der Waals surface area contributed by atoms with E-state index in [9.17, 15) is 18.0 Å². The number of aryl methyl sites for hydroxylation is 1. The maximum atomic E-state index is 13.3. The second kappa shape index (κ2) is 11.3. The van der Waals surface area contributed by atoms with Gasteiger partial charge in [-0.2, -0.15) is 0 Å². The summed E-state index contributed by atoms with van der Waals surface area (Å²) in [4.78, 5) is 27.2. The zero-order valence-corrected chi connectivity index (χ0v) is 20.4. The maximum Gasteiger partial charge on any atom is 0.244 e. The molecule has 2 rings (SSSR count). The maximum absolute atomic E-state index is 13.3. The fraction of sp³-hybridized carbons (Fsp3) is 0.391. The number of nitrogens with zero attached hydrogens (tertiary/aromatic N) is 2. The third-order valence-corrected chi connectivity index (χ3v) is 6.67. The molecule has 9 heteroatoms. The number of rotatable bonds is 10. The molecule has 32 heavy (non-hydrogen) atoms. The SMILES string of the molecule is CCNC(=O)[C@@H](C)N(CCc1ccccc1)C(=O)CN(c1ccc(C)c(Cl)c1)S(C)(=O)=O. The van der Waals surface area contributed by atoms with Crippen molar-refractivity contribution in [1.82, 2.24) is 10.2 Å². The molecule has 2 aromatic rings. The van der Waals surface area contributed by atoms with Crippen molar-refractivity contribution in [1.29, 1.82) is 0 Å². The number of carbonyl (C=O) groups is 2. The average molecular weight is 480 g/mol. The Morgan fingerprint density at radius 2 is 1.78 bits per heavy atom. The molecule has 0 radical (unpaired) electrons. The molecule has 2 aromatic carbocycles. The highest BCUT2D eigenvalue weighted by molar-refractivity contribution is 7.92. The number of amides is 2. The molecule has 0 spiro atoms. The van der Waals surface area contributed by atoms with Crippen molar-refractivity contribution in [2.75, 3.05) is 30.2 Å². The smallest absolute Gasteiger partial charge is 0.244 e. The van der Waals surface area contributed by atoms with Crippen LogP contribution in [-0.2, 0) is 26.0 Å². The van der Waals surface area contributed by atoms with Crippen LogP contribution in [0.2, 0.25) is 5.02 Å². The van der Waals surface area contributed by atoms with Crippen LogP contribution in [0.4, 0.5) is 5.69 Å². The highest BCUT2D eigenvalue weighted by atomic mass is 35.5. The highest BCUT2D eigenvalue weighted by Crippen LogP contribution is 2.25. The van der Waals surface area contributed by atoms with E-state index in [0.717, 1.165) is 21.7 Å². The van der Waals surface area contributed by atoms with Crippen LogP contribution in [-0.4, -0.2) is 57.1 Å². The van der Waals surface area contributed by atoms with Gasteiger partial charge in [0.2, 0.25) is 21.8 Å². The molecule has 0 saturated carbocycles. The van der Waals surface area contributed by atoms with Gasteiger partial charge in [0.05, 0.1) is 11.9 Å². The van der Waals surface area contributed by atoms with E-state index in [1.54, 1.807) is 32.9 Å². The summed E-state index contributed by atoms with van der Waals surface area (Å²) in [5, 5.41) is 3.13. The second-order valence-electron chi connectivity index (χ2n) is 7.60. The van der Waals surface area contributed by atoms with Crippen LogP contribution in [0.1, 0.15) is 25.0 Å². The van der Waals surface area contributed by atoms with Crippen LogP contribution in [0.15, 0.2) is 48.5 Å². The number of carbonyl (C=O) groups excluding carboxylic acids is 2. The Bertz CT molecular complexity index is 1040. The van der Waals surface area contributed by atoms with Crippen LogP contribution in [0, 0.1) is 6.92 Å². The van der Waals surface area contributed by atoms with Crippen LogP contribution >= 0.6 is 11.6 Å². The van der Waals surface area contributed by atoms with E-state index >= 15 is 0 Å². The summed E-state index contributed by atoms with van der Waals surface area (Å²) < 4.78 is 26.0. The van der Waals surface area contributed by atoms with E-state index < -0.39 is 28.5 Å². The molecule has 0 aromatic heterocycles. The lowest BCUT2D eigenvalue weighted by atomic mass is 10.1. The largest absolute Gasteiger partial charge is 0.355 e. The van der Waals surface area contributed by atoms with E-state index in [-0.39, 0.29) is 12.5 Å². The Morgan fingerprint density at radius 1 is 1.12 bits per heavy atom. The van der Waals surface area contributed by atoms with Crippen molar-refractivity contribution in [3.05, 3.63) is 64.7 Å². The predicted molar refractivity (Wildman–Crippen MR) is 128 cm³/mol. The normalized spacial score (nSPS) is 12.2. The Hall–Kier alpha value is -2.58. The summed E-state index contributed by atoms with van der Waals surface area (Å²) in [6.45, 7) is 5.52. The van der Waals surface area contributed by atoms with Crippen LogP contribution in [0.25, 0.3) is 0 Å². The minimum Gasteiger partial charge on any atom is -0.355 e. The molecule has 0 saturated heterocycles. The van der Waals surface area contributed by atoms with Crippen LogP contribution in [0.3, 0.4) is 0 Å². The van der Waals surface area contributed by atoms with Gasteiger partial charge in [-0.25, -0.2) is 8.42 Å². The van der Waals surface area contributed by atoms with Gasteiger partial charge < -0.3 is 10.2 Å². The monoisotopic (exact) mass is 479 g/mol. The van der Waals surface area contributed by atoms with Gasteiger partial charge >= 0.3 is 0 Å². The summed E-state index contributed by atoms with van der Waals surface area (Å²) in [7, 11) is -3.77. The summed E-state index contributed by atoms with van der Waals surface area (Å²) in [5.74, 6) is -0.764. The summed E-state index contributed by atoms with van der Waals surface area (Å²) in [5.41, 5.74) is 2.10. The molecule has 0 aliphatic rings. The number of nitrogens with one attached hydrogen (secondary N) is 1. The molecular formula is C23H30ClN3O4S. The van der Waals surface area contributed by atoms with Crippen LogP contribution < -0.4 is 9.62 Å². The number of sulfonamides is 1. The lowest BCUT2D eigenvalue weighted by Gasteiger charge is -2.31. The number of likely N-dealkylation sites (N-methyl/N-ethyl adjacent to an activating group) is 1. The second-order valence-corrected chi connectivity index (χ2v) is 9.91. The van der Waals surface area contributed by atoms with Crippen molar-refractivity contribution in [3.8, 4) is 0 Å². The number of hydrogen-bond donors (Lipinski definition) is 1. The van der Waals surface area contributed by atoms with Gasteiger partial charge in [-0.05, 0) is 50.5 Å². The van der Waals surface area contributed by atoms with Gasteiger partial charge in [0, 0.05) is 18.1 Å². The Balaban J connectivity index is 2.31. The lowest BCUT2D eigenvalue weighted by Crippen LogP contribution is -2.52. The van der Waals surface area contributed by atoms with Crippen molar-refractivity contribution < 1.29 is 18.0 Å². The minimum atomic E-state index is -3.77. The van der Waals surface area contributed by atoms with E-state index in [2.05, 4.69) is 5.32 Å². The Kier molecular flexibility index (Phi) is 9.09. The zero-order valence-electron chi connectivity index (χ0n) is 18.8. The summed E-state index contributed by atoms with van der Waals surface area (Å²) in [6.07, 6.45) is 1.57. The molecule has 1 atom stereocenters. The first kappa shape index (κ1) is 25.7. The Labute approximate surface area is 195 Å². The minimum absolute atomic E-state index is 0.271. The lowest BCUT2D eigenvalue weighted by molar-refractivity contribution is -0.138. The molecule has 7 nitrogen and oxygen atoms in total. The number of hydrogen-bond acceptors (Lipinski definition) is 4. The van der Waals surface area contributed by atoms with Crippen LogP contribution in [0.5, 0.6) is 0 Å². The fourth-order valence-electron chi connectivity index (χ4n) is 3.24. The van der Waals surface area contributed by atoms with E-state index in [1.165, 1.54) is 11.0 Å². The number of halogens is 1. The van der Waals surface area contributed by atoms with E-state index in [0.29, 0.717) is 23.7 Å². The van der Waals surface area contributed by atoms with Crippen molar-refractivity contribution in [2.45, 2.75) is 33.2 Å². The number of benzene rings is 2. The van der Waals surface area contributed by atoms with Gasteiger partial charge in [-0.15, -0.1) is 0 Å². The van der Waals surface area contributed by atoms with Gasteiger partial charge in [0.1, 0.15) is 12.6 Å². The van der Waals surface area contributed by atoms with Gasteiger partial charge in [-0.1, -0.05) is 48.0 Å². The Morgan fingerprint density at radius 3 is 2.34 bits per heavy atom. The van der Waals surface area contributed by atoms with Gasteiger partial charge in [0.15, 0.2) is 0 Å². The van der Waals surface area contributed by atoms with Crippen molar-refractivity contribution in [2.24, 2.45) is 0 Å². The fourth-order valence-corrected chi connectivity index (χ4v) is 4.26. The highest BCUT2D eigenvalue weighted by Gasteiger charge is 2.29. The van der Waals surface area contributed by atoms with Gasteiger partial charge in [-0.3, -0.25) is 13.9 Å². The average Bonchev–Trinajstić information content (AvgIpc) is 2.74. The third-order valence-electron chi connectivity index (χ3n) is 5.13. The molecule has 2 amide bonds. The first-order chi connectivity index (χ1) is 15.0. The molecule has 0 aliphatic carbocycles. The molecule has 174 valence electrons. The molecule has 0 aliphatic heterocycles. The first-order valence-electron chi connectivity index (χ1n) is 10.4. The predicted octanol–water partition coefficient (Wildman–Crippen LogP) is 3.01. The quantitative estimate of drug-likeness (QED) is 0.567. The van der Waals surface area contributed by atoms with E-state index in [4.69, 9.17) is 11.6 Å². The van der Waals surface area contributed by atoms with Crippen molar-refractivity contribution >= 4 is 39.1 Å².